The van der Waals surface area contributed by atoms with Gasteiger partial charge in [-0.25, -0.2) is 0 Å². The summed E-state index contributed by atoms with van der Waals surface area (Å²) < 4.78 is 18.4. The van der Waals surface area contributed by atoms with E-state index in [9.17, 15) is 0 Å². The van der Waals surface area contributed by atoms with Gasteiger partial charge in [0.05, 0.1) is 22.4 Å². The molecular weight excluding hydrogens is 1080 g/mol. The first kappa shape index (κ1) is 50.8. The lowest BCUT2D eigenvalue weighted by molar-refractivity contribution is 0.591. The number of allylic oxidation sites excluding steroid dienone is 7. The maximum absolute atomic E-state index is 18.4. The zero-order valence-corrected chi connectivity index (χ0v) is 49.1. The fourth-order valence-corrected chi connectivity index (χ4v) is 19.6. The SMILES string of the molecule is C[C@@H]1CC=CC=C1N1c2cc3c(cc2B2C4=C(C=CCC4)N(c4ccccc4)c4cc(N(c5ccccc5)c5ccccc5)cc1c42)P1(=O)c2ccc4ccccc4c2N(c2ccccc2)c2cc(N(c4ccccc4)c4ccccc4)cc(c21)S3. The highest BCUT2D eigenvalue weighted by atomic mass is 32.2. The Hall–Kier alpha value is -9.72. The zero-order valence-electron chi connectivity index (χ0n) is 47.4. The Morgan fingerprint density at radius 2 is 1.05 bits per heavy atom. The number of para-hydroxylation sites is 6. The van der Waals surface area contributed by atoms with Gasteiger partial charge in [0.2, 0.25) is 6.71 Å². The Kier molecular flexibility index (Phi) is 11.9. The highest BCUT2D eigenvalue weighted by molar-refractivity contribution is 8.03. The van der Waals surface area contributed by atoms with E-state index in [1.54, 1.807) is 11.8 Å². The molecule has 2 aliphatic carbocycles. The summed E-state index contributed by atoms with van der Waals surface area (Å²) in [7, 11) is -3.75. The van der Waals surface area contributed by atoms with Gasteiger partial charge in [0, 0.05) is 100.0 Å². The van der Waals surface area contributed by atoms with Crippen LogP contribution in [0.5, 0.6) is 0 Å². The lowest BCUT2D eigenvalue weighted by Crippen LogP contribution is -2.58. The van der Waals surface area contributed by atoms with Crippen molar-refractivity contribution in [1.29, 1.82) is 0 Å². The lowest BCUT2D eigenvalue weighted by Gasteiger charge is -2.48. The van der Waals surface area contributed by atoms with Crippen molar-refractivity contribution in [3.63, 3.8) is 0 Å². The molecule has 11 aromatic carbocycles. The minimum absolute atomic E-state index is 0.144. The summed E-state index contributed by atoms with van der Waals surface area (Å²) in [4.78, 5) is 14.3. The van der Waals surface area contributed by atoms with Crippen molar-refractivity contribution in [2.24, 2.45) is 5.92 Å². The number of nitrogens with zero attached hydrogens (tertiary/aromatic N) is 5. The maximum Gasteiger partial charge on any atom is 0.247 e. The van der Waals surface area contributed by atoms with Gasteiger partial charge in [0.25, 0.3) is 0 Å². The molecule has 0 fully saturated rings. The maximum atomic E-state index is 18.4. The number of rotatable bonds is 9. The molecule has 0 radical (unpaired) electrons. The number of fused-ring (bicyclic) bond motifs is 9. The van der Waals surface area contributed by atoms with Crippen LogP contribution in [0.4, 0.5) is 73.9 Å². The predicted octanol–water partition coefficient (Wildman–Crippen LogP) is 18.5. The molecule has 0 saturated heterocycles. The van der Waals surface area contributed by atoms with Gasteiger partial charge in [-0.05, 0) is 157 Å². The van der Waals surface area contributed by atoms with Gasteiger partial charge >= 0.3 is 0 Å². The highest BCUT2D eigenvalue weighted by Crippen LogP contribution is 2.63. The van der Waals surface area contributed by atoms with Crippen LogP contribution < -0.4 is 51.3 Å². The van der Waals surface area contributed by atoms with Gasteiger partial charge in [-0.1, -0.05) is 188 Å². The summed E-state index contributed by atoms with van der Waals surface area (Å²) in [6.07, 6.45) is 14.4. The van der Waals surface area contributed by atoms with Crippen LogP contribution in [-0.2, 0) is 4.57 Å². The standard InChI is InChI=1S/C77H57BN5OPS/c1-52-26-20-24-42-65(52)83-67-51-73-72(50-64(67)78-63-41-23-25-43-66(63)81(58-36-16-6-17-37-58)68-46-60(47-69(83)75(68)78)79(54-28-8-2-9-29-54)55-30-10-3-11-31-55)85(84)71-45-44-53-27-21-22-40-62(53)76(71)82(59-38-18-7-19-39-59)70-48-61(49-74(86-73)77(70)85)80(56-32-12-4-13-33-56)57-34-14-5-15-35-57/h2-22,24-25,27-40,42-52H,23,26,41H2,1H3/t52-,85?/m1/s1. The second-order valence-electron chi connectivity index (χ2n) is 23.1. The average Bonchev–Trinajstić information content (AvgIpc) is 0.694. The van der Waals surface area contributed by atoms with E-state index in [4.69, 9.17) is 0 Å². The topological polar surface area (TPSA) is 33.3 Å². The van der Waals surface area contributed by atoms with E-state index in [1.807, 2.05) is 0 Å². The van der Waals surface area contributed by atoms with Crippen molar-refractivity contribution in [2.75, 3.05) is 24.5 Å². The van der Waals surface area contributed by atoms with Gasteiger partial charge in [0.15, 0.2) is 7.14 Å². The molecule has 0 aromatic heterocycles. The molecule has 11 aromatic rings. The van der Waals surface area contributed by atoms with Crippen LogP contribution in [0.25, 0.3) is 10.8 Å². The quantitative estimate of drug-likeness (QED) is 0.105. The molecule has 2 atom stereocenters. The summed E-state index contributed by atoms with van der Waals surface area (Å²) in [5.41, 5.74) is 20.0. The fourth-order valence-electron chi connectivity index (χ4n) is 14.5. The summed E-state index contributed by atoms with van der Waals surface area (Å²) in [5.74, 6) is 0.196. The van der Waals surface area contributed by atoms with Crippen molar-refractivity contribution in [2.45, 2.75) is 36.0 Å². The van der Waals surface area contributed by atoms with Crippen LogP contribution in [0.3, 0.4) is 0 Å². The average molecular weight is 1140 g/mol. The minimum Gasteiger partial charge on any atom is -0.315 e. The van der Waals surface area contributed by atoms with Gasteiger partial charge in [-0.3, -0.25) is 0 Å². The third kappa shape index (κ3) is 7.79. The summed E-state index contributed by atoms with van der Waals surface area (Å²) in [5, 5.41) is 4.81. The minimum atomic E-state index is -3.75. The Morgan fingerprint density at radius 3 is 1.66 bits per heavy atom. The smallest absolute Gasteiger partial charge is 0.247 e. The van der Waals surface area contributed by atoms with Crippen LogP contribution in [0, 0.1) is 5.92 Å². The molecule has 1 unspecified atom stereocenters. The molecule has 9 heteroatoms. The molecular formula is C77H57BN5OPS. The Bertz CT molecular complexity index is 4650. The molecule has 0 N–H and O–H groups in total. The molecule has 0 bridgehead atoms. The molecule has 4 heterocycles. The van der Waals surface area contributed by atoms with E-state index in [-0.39, 0.29) is 12.6 Å². The number of hydrogen-bond acceptors (Lipinski definition) is 7. The van der Waals surface area contributed by atoms with Crippen LogP contribution in [0.15, 0.2) is 312 Å². The normalized spacial score (nSPS) is 17.5. The van der Waals surface area contributed by atoms with Crippen molar-refractivity contribution in [3.05, 3.63) is 302 Å². The van der Waals surface area contributed by atoms with E-state index in [1.165, 1.54) is 27.8 Å². The molecule has 6 aliphatic rings. The summed E-state index contributed by atoms with van der Waals surface area (Å²) >= 11 is 1.77. The summed E-state index contributed by atoms with van der Waals surface area (Å²) in [6, 6.07) is 92.1. The van der Waals surface area contributed by atoms with Gasteiger partial charge < -0.3 is 29.1 Å². The number of benzene rings is 11. The molecule has 86 heavy (non-hydrogen) atoms. The monoisotopic (exact) mass is 1140 g/mol. The second-order valence-corrected chi connectivity index (χ2v) is 26.8. The van der Waals surface area contributed by atoms with Gasteiger partial charge in [-0.15, -0.1) is 0 Å². The lowest BCUT2D eigenvalue weighted by atomic mass is 9.32. The fraction of sp³-hybridized carbons (Fsp3) is 0.0649. The van der Waals surface area contributed by atoms with Crippen molar-refractivity contribution < 1.29 is 4.57 Å². The van der Waals surface area contributed by atoms with E-state index < -0.39 is 7.14 Å². The van der Waals surface area contributed by atoms with Gasteiger partial charge in [0.1, 0.15) is 0 Å². The van der Waals surface area contributed by atoms with E-state index in [0.29, 0.717) is 0 Å². The predicted molar refractivity (Wildman–Crippen MR) is 364 cm³/mol. The Balaban J connectivity index is 0.983. The van der Waals surface area contributed by atoms with Gasteiger partial charge in [-0.2, -0.15) is 0 Å². The molecule has 410 valence electrons. The van der Waals surface area contributed by atoms with Crippen LogP contribution in [-0.4, -0.2) is 6.71 Å². The molecule has 4 aliphatic heterocycles. The van der Waals surface area contributed by atoms with Crippen molar-refractivity contribution in [1.82, 2.24) is 0 Å². The first-order chi connectivity index (χ1) is 42.5. The van der Waals surface area contributed by atoms with Crippen LogP contribution >= 0.6 is 18.9 Å². The Morgan fingerprint density at radius 1 is 0.500 bits per heavy atom. The zero-order chi connectivity index (χ0) is 57.0. The largest absolute Gasteiger partial charge is 0.315 e. The highest BCUT2D eigenvalue weighted by Gasteiger charge is 2.51. The molecule has 0 saturated carbocycles. The Labute approximate surface area is 507 Å². The first-order valence-corrected chi connectivity index (χ1v) is 32.4. The first-order valence-electron chi connectivity index (χ1n) is 29.9. The van der Waals surface area contributed by atoms with Crippen molar-refractivity contribution >= 4 is 137 Å². The van der Waals surface area contributed by atoms with Crippen molar-refractivity contribution in [3.8, 4) is 0 Å². The van der Waals surface area contributed by atoms with Crippen LogP contribution in [0.2, 0.25) is 0 Å². The third-order valence-corrected chi connectivity index (χ3v) is 22.8. The molecule has 17 rings (SSSR count). The van der Waals surface area contributed by atoms with E-state index in [0.717, 1.165) is 130 Å². The van der Waals surface area contributed by atoms with Crippen LogP contribution in [0.1, 0.15) is 26.2 Å². The molecule has 6 nitrogen and oxygen atoms in total. The number of hydrogen-bond donors (Lipinski definition) is 0. The summed E-state index contributed by atoms with van der Waals surface area (Å²) in [6.45, 7) is 2.23. The number of anilines is 13. The molecule has 0 spiro atoms. The van der Waals surface area contributed by atoms with E-state index in [2.05, 4.69) is 317 Å². The van der Waals surface area contributed by atoms with E-state index >= 15 is 4.57 Å². The third-order valence-electron chi connectivity index (χ3n) is 18.2. The second kappa shape index (κ2) is 20.2. The molecule has 0 amide bonds.